The maximum absolute atomic E-state index is 3.46. The maximum atomic E-state index is 3.46. The minimum absolute atomic E-state index is 0.958. The van der Waals surface area contributed by atoms with Gasteiger partial charge < -0.3 is 5.32 Å². The third-order valence-electron chi connectivity index (χ3n) is 4.75. The van der Waals surface area contributed by atoms with Gasteiger partial charge in [0, 0.05) is 6.54 Å². The zero-order chi connectivity index (χ0) is 12.9. The molecule has 0 saturated carbocycles. The van der Waals surface area contributed by atoms with Gasteiger partial charge in [-0.15, -0.1) is 0 Å². The van der Waals surface area contributed by atoms with Crippen molar-refractivity contribution in [2.75, 3.05) is 26.2 Å². The largest absolute Gasteiger partial charge is 0.317 e. The van der Waals surface area contributed by atoms with Gasteiger partial charge in [-0.05, 0) is 75.3 Å². The van der Waals surface area contributed by atoms with Gasteiger partial charge in [-0.25, -0.2) is 0 Å². The first-order chi connectivity index (χ1) is 9.42. The minimum atomic E-state index is 0.958. The fourth-order valence-corrected chi connectivity index (χ4v) is 3.50. The molecular weight excluding hydrogens is 232 g/mol. The van der Waals surface area contributed by atoms with Crippen LogP contribution < -0.4 is 5.32 Å². The van der Waals surface area contributed by atoms with Gasteiger partial charge in [0.2, 0.25) is 0 Å². The summed E-state index contributed by atoms with van der Waals surface area (Å²) in [5.74, 6) is 0.958. The SMILES string of the molecule is c1ccc2c(c1)CCCN(CCC1CCNCC1)C2. The molecule has 1 saturated heterocycles. The smallest absolute Gasteiger partial charge is 0.0236 e. The van der Waals surface area contributed by atoms with Crippen LogP contribution in [0.25, 0.3) is 0 Å². The highest BCUT2D eigenvalue weighted by Gasteiger charge is 2.17. The fraction of sp³-hybridized carbons (Fsp3) is 0.647. The summed E-state index contributed by atoms with van der Waals surface area (Å²) in [6.07, 6.45) is 6.74. The molecule has 0 amide bonds. The van der Waals surface area contributed by atoms with Gasteiger partial charge in [-0.1, -0.05) is 24.3 Å². The summed E-state index contributed by atoms with van der Waals surface area (Å²) >= 11 is 0. The average Bonchev–Trinajstić information content (AvgIpc) is 2.68. The molecule has 2 nitrogen and oxygen atoms in total. The molecule has 0 unspecified atom stereocenters. The Morgan fingerprint density at radius 1 is 1.11 bits per heavy atom. The average molecular weight is 258 g/mol. The molecule has 2 heteroatoms. The Labute approximate surface area is 117 Å². The van der Waals surface area contributed by atoms with E-state index in [-0.39, 0.29) is 0 Å². The summed E-state index contributed by atoms with van der Waals surface area (Å²) in [4.78, 5) is 2.67. The third kappa shape index (κ3) is 3.58. The van der Waals surface area contributed by atoms with E-state index < -0.39 is 0 Å². The van der Waals surface area contributed by atoms with Crippen LogP contribution in [0, 0.1) is 5.92 Å². The van der Waals surface area contributed by atoms with E-state index in [0.29, 0.717) is 0 Å². The first-order valence-electron chi connectivity index (χ1n) is 7.91. The highest BCUT2D eigenvalue weighted by Crippen LogP contribution is 2.21. The summed E-state index contributed by atoms with van der Waals surface area (Å²) in [5, 5.41) is 3.46. The lowest BCUT2D eigenvalue weighted by molar-refractivity contribution is 0.231. The summed E-state index contributed by atoms with van der Waals surface area (Å²) < 4.78 is 0. The number of aryl methyl sites for hydroxylation is 1. The van der Waals surface area contributed by atoms with Crippen molar-refractivity contribution in [2.24, 2.45) is 5.92 Å². The molecule has 2 aliphatic rings. The molecule has 2 heterocycles. The van der Waals surface area contributed by atoms with Crippen LogP contribution in [0.2, 0.25) is 0 Å². The zero-order valence-corrected chi connectivity index (χ0v) is 11.9. The van der Waals surface area contributed by atoms with Crippen molar-refractivity contribution in [3.05, 3.63) is 35.4 Å². The first-order valence-corrected chi connectivity index (χ1v) is 7.91. The van der Waals surface area contributed by atoms with E-state index in [9.17, 15) is 0 Å². The van der Waals surface area contributed by atoms with Gasteiger partial charge >= 0.3 is 0 Å². The second-order valence-electron chi connectivity index (χ2n) is 6.13. The van der Waals surface area contributed by atoms with Crippen molar-refractivity contribution >= 4 is 0 Å². The van der Waals surface area contributed by atoms with Gasteiger partial charge in [0.25, 0.3) is 0 Å². The Kier molecular flexibility index (Phi) is 4.52. The van der Waals surface area contributed by atoms with E-state index in [1.807, 2.05) is 0 Å². The monoisotopic (exact) mass is 258 g/mol. The van der Waals surface area contributed by atoms with E-state index >= 15 is 0 Å². The Bertz CT molecular complexity index is 396. The van der Waals surface area contributed by atoms with Crippen LogP contribution >= 0.6 is 0 Å². The second kappa shape index (κ2) is 6.53. The van der Waals surface area contributed by atoms with Crippen molar-refractivity contribution in [1.82, 2.24) is 10.2 Å². The van der Waals surface area contributed by atoms with Gasteiger partial charge in [0.1, 0.15) is 0 Å². The molecule has 0 atom stereocenters. The van der Waals surface area contributed by atoms with Crippen LogP contribution in [-0.4, -0.2) is 31.1 Å². The third-order valence-corrected chi connectivity index (χ3v) is 4.75. The molecule has 0 radical (unpaired) electrons. The van der Waals surface area contributed by atoms with Crippen molar-refractivity contribution in [3.63, 3.8) is 0 Å². The van der Waals surface area contributed by atoms with E-state index in [4.69, 9.17) is 0 Å². The van der Waals surface area contributed by atoms with Gasteiger partial charge in [-0.2, -0.15) is 0 Å². The molecule has 0 aliphatic carbocycles. The lowest BCUT2D eigenvalue weighted by Gasteiger charge is -2.26. The highest BCUT2D eigenvalue weighted by molar-refractivity contribution is 5.27. The lowest BCUT2D eigenvalue weighted by Crippen LogP contribution is -2.31. The first kappa shape index (κ1) is 13.1. The molecule has 1 N–H and O–H groups in total. The predicted molar refractivity (Wildman–Crippen MR) is 80.3 cm³/mol. The second-order valence-corrected chi connectivity index (χ2v) is 6.13. The van der Waals surface area contributed by atoms with E-state index in [0.717, 1.165) is 5.92 Å². The molecule has 1 aromatic carbocycles. The Hall–Kier alpha value is -0.860. The van der Waals surface area contributed by atoms with Crippen molar-refractivity contribution < 1.29 is 0 Å². The normalized spacial score (nSPS) is 21.9. The van der Waals surface area contributed by atoms with Crippen LogP contribution in [0.15, 0.2) is 24.3 Å². The number of piperidine rings is 1. The summed E-state index contributed by atoms with van der Waals surface area (Å²) in [6, 6.07) is 9.00. The van der Waals surface area contributed by atoms with E-state index in [2.05, 4.69) is 34.5 Å². The minimum Gasteiger partial charge on any atom is -0.317 e. The number of rotatable bonds is 3. The Morgan fingerprint density at radius 2 is 1.89 bits per heavy atom. The lowest BCUT2D eigenvalue weighted by atomic mass is 9.94. The van der Waals surface area contributed by atoms with Crippen molar-refractivity contribution in [1.29, 1.82) is 0 Å². The molecule has 104 valence electrons. The zero-order valence-electron chi connectivity index (χ0n) is 11.9. The standard InChI is InChI=1S/C17H26N2/c1-2-5-17-14-19(12-3-6-16(17)4-1)13-9-15-7-10-18-11-8-15/h1-2,4-5,15,18H,3,6-14H2. The Balaban J connectivity index is 1.54. The molecule has 0 spiro atoms. The summed E-state index contributed by atoms with van der Waals surface area (Å²) in [6.45, 7) is 6.20. The van der Waals surface area contributed by atoms with Crippen LogP contribution in [0.5, 0.6) is 0 Å². The molecule has 0 bridgehead atoms. The number of hydrogen-bond acceptors (Lipinski definition) is 2. The number of fused-ring (bicyclic) bond motifs is 1. The van der Waals surface area contributed by atoms with E-state index in [1.54, 1.807) is 11.1 Å². The number of benzene rings is 1. The molecule has 3 rings (SSSR count). The quantitative estimate of drug-likeness (QED) is 0.897. The maximum Gasteiger partial charge on any atom is 0.0236 e. The molecule has 2 aliphatic heterocycles. The molecular formula is C17H26N2. The molecule has 1 aromatic rings. The Morgan fingerprint density at radius 3 is 2.74 bits per heavy atom. The van der Waals surface area contributed by atoms with Gasteiger partial charge in [0.15, 0.2) is 0 Å². The van der Waals surface area contributed by atoms with E-state index in [1.165, 1.54) is 64.8 Å². The van der Waals surface area contributed by atoms with Crippen LogP contribution in [0.4, 0.5) is 0 Å². The van der Waals surface area contributed by atoms with Gasteiger partial charge in [0.05, 0.1) is 0 Å². The predicted octanol–water partition coefficient (Wildman–Crippen LogP) is 2.82. The summed E-state index contributed by atoms with van der Waals surface area (Å²) in [7, 11) is 0. The summed E-state index contributed by atoms with van der Waals surface area (Å²) in [5.41, 5.74) is 3.14. The molecule has 0 aromatic heterocycles. The van der Waals surface area contributed by atoms with Gasteiger partial charge in [-0.3, -0.25) is 4.90 Å². The van der Waals surface area contributed by atoms with Crippen molar-refractivity contribution in [3.8, 4) is 0 Å². The van der Waals surface area contributed by atoms with Crippen LogP contribution in [0.1, 0.15) is 36.8 Å². The van der Waals surface area contributed by atoms with Crippen LogP contribution in [0.3, 0.4) is 0 Å². The number of nitrogens with one attached hydrogen (secondary N) is 1. The topological polar surface area (TPSA) is 15.3 Å². The number of hydrogen-bond donors (Lipinski definition) is 1. The van der Waals surface area contributed by atoms with Crippen molar-refractivity contribution in [2.45, 2.75) is 38.6 Å². The number of nitrogens with zero attached hydrogens (tertiary/aromatic N) is 1. The molecule has 19 heavy (non-hydrogen) atoms. The fourth-order valence-electron chi connectivity index (χ4n) is 3.50. The molecule has 1 fully saturated rings. The van der Waals surface area contributed by atoms with Crippen LogP contribution in [-0.2, 0) is 13.0 Å². The highest BCUT2D eigenvalue weighted by atomic mass is 15.1.